The summed E-state index contributed by atoms with van der Waals surface area (Å²) in [6.45, 7) is 13.4. The van der Waals surface area contributed by atoms with Gasteiger partial charge in [0.2, 0.25) is 0 Å². The van der Waals surface area contributed by atoms with Crippen molar-refractivity contribution in [3.8, 4) is 0 Å². The molecule has 0 radical (unpaired) electrons. The van der Waals surface area contributed by atoms with E-state index in [1.165, 1.54) is 0 Å². The smallest absolute Gasteiger partial charge is 0.407 e. The van der Waals surface area contributed by atoms with Gasteiger partial charge in [0.25, 0.3) is 0 Å². The van der Waals surface area contributed by atoms with Crippen LogP contribution in [0.15, 0.2) is 11.6 Å². The van der Waals surface area contributed by atoms with Gasteiger partial charge in [-0.05, 0) is 52.5 Å². The zero-order valence-corrected chi connectivity index (χ0v) is 16.7. The molecule has 2 N–H and O–H groups in total. The first-order valence-electron chi connectivity index (χ1n) is 9.23. The maximum atomic E-state index is 11.9. The fourth-order valence-electron chi connectivity index (χ4n) is 2.56. The molecule has 146 valence electrons. The minimum absolute atomic E-state index is 0.0894. The average molecular weight is 357 g/mol. The topological polar surface area (TPSA) is 84.9 Å². The summed E-state index contributed by atoms with van der Waals surface area (Å²) < 4.78 is 11.2. The van der Waals surface area contributed by atoms with Crippen molar-refractivity contribution in [3.63, 3.8) is 0 Å². The van der Waals surface area contributed by atoms with Gasteiger partial charge in [-0.2, -0.15) is 0 Å². The number of hydrogen-bond acceptors (Lipinski definition) is 4. The standard InChI is InChI=1S/C17H29NO5.C2H6/c1-6-13(7-2)22-14-9-11(15(19)20)8-12(10-14)18-16(21)23-17(3,4)5;1-2/h9,12-14H,6-8,10H2,1-5H3,(H,18,21)(H,19,20);1-2H3. The predicted molar refractivity (Wildman–Crippen MR) is 98.7 cm³/mol. The van der Waals surface area contributed by atoms with E-state index in [4.69, 9.17) is 9.47 Å². The Bertz CT molecular complexity index is 449. The normalized spacial score (nSPS) is 20.2. The molecule has 1 amide bonds. The van der Waals surface area contributed by atoms with Gasteiger partial charge in [0.1, 0.15) is 5.60 Å². The largest absolute Gasteiger partial charge is 0.478 e. The zero-order chi connectivity index (χ0) is 19.6. The van der Waals surface area contributed by atoms with Gasteiger partial charge in [-0.3, -0.25) is 0 Å². The van der Waals surface area contributed by atoms with E-state index >= 15 is 0 Å². The van der Waals surface area contributed by atoms with Crippen LogP contribution >= 0.6 is 0 Å². The van der Waals surface area contributed by atoms with Gasteiger partial charge >= 0.3 is 12.1 Å². The SMILES string of the molecule is CC.CCC(CC)OC1C=C(C(=O)O)CC(NC(=O)OC(C)(C)C)C1. The Hall–Kier alpha value is -1.56. The molecule has 1 aliphatic rings. The van der Waals surface area contributed by atoms with Crippen LogP contribution in [0.25, 0.3) is 0 Å². The van der Waals surface area contributed by atoms with Crippen LogP contribution in [0.1, 0.15) is 74.1 Å². The highest BCUT2D eigenvalue weighted by Crippen LogP contribution is 2.24. The van der Waals surface area contributed by atoms with E-state index in [9.17, 15) is 14.7 Å². The van der Waals surface area contributed by atoms with Crippen molar-refractivity contribution in [1.29, 1.82) is 0 Å². The Labute approximate surface area is 152 Å². The van der Waals surface area contributed by atoms with Crippen molar-refractivity contribution in [2.75, 3.05) is 0 Å². The molecule has 6 nitrogen and oxygen atoms in total. The number of nitrogens with one attached hydrogen (secondary N) is 1. The van der Waals surface area contributed by atoms with Crippen molar-refractivity contribution in [1.82, 2.24) is 5.32 Å². The van der Waals surface area contributed by atoms with Crippen LogP contribution in [0, 0.1) is 0 Å². The zero-order valence-electron chi connectivity index (χ0n) is 16.7. The molecule has 0 aromatic rings. The highest BCUT2D eigenvalue weighted by atomic mass is 16.6. The van der Waals surface area contributed by atoms with Crippen molar-refractivity contribution in [3.05, 3.63) is 11.6 Å². The summed E-state index contributed by atoms with van der Waals surface area (Å²) >= 11 is 0. The van der Waals surface area contributed by atoms with Gasteiger partial charge in [-0.25, -0.2) is 9.59 Å². The van der Waals surface area contributed by atoms with Crippen LogP contribution < -0.4 is 5.32 Å². The van der Waals surface area contributed by atoms with Crippen LogP contribution in [0.5, 0.6) is 0 Å². The van der Waals surface area contributed by atoms with Crippen LogP contribution in [0.3, 0.4) is 0 Å². The van der Waals surface area contributed by atoms with Crippen LogP contribution in [0.4, 0.5) is 4.79 Å². The highest BCUT2D eigenvalue weighted by molar-refractivity contribution is 5.87. The molecule has 1 aliphatic carbocycles. The quantitative estimate of drug-likeness (QED) is 0.741. The number of alkyl carbamates (subject to hydrolysis) is 1. The number of ether oxygens (including phenoxy) is 2. The van der Waals surface area contributed by atoms with Crippen molar-refractivity contribution < 1.29 is 24.2 Å². The van der Waals surface area contributed by atoms with E-state index in [0.717, 1.165) is 12.8 Å². The summed E-state index contributed by atoms with van der Waals surface area (Å²) in [7, 11) is 0. The lowest BCUT2D eigenvalue weighted by Crippen LogP contribution is -2.43. The number of aliphatic carboxylic acids is 1. The lowest BCUT2D eigenvalue weighted by atomic mass is 9.92. The van der Waals surface area contributed by atoms with Crippen molar-refractivity contribution in [2.24, 2.45) is 0 Å². The molecule has 0 aromatic heterocycles. The molecule has 0 bridgehead atoms. The molecule has 0 fully saturated rings. The number of carbonyl (C=O) groups excluding carboxylic acids is 1. The molecule has 0 spiro atoms. The first kappa shape index (κ1) is 23.4. The number of carboxylic acids is 1. The lowest BCUT2D eigenvalue weighted by molar-refractivity contribution is -0.133. The van der Waals surface area contributed by atoms with E-state index in [1.807, 2.05) is 27.7 Å². The van der Waals surface area contributed by atoms with Gasteiger partial charge < -0.3 is 19.9 Å². The third kappa shape index (κ3) is 9.48. The number of carbonyl (C=O) groups is 2. The number of hydrogen-bond donors (Lipinski definition) is 2. The molecular formula is C19H35NO5. The molecule has 0 saturated heterocycles. The molecule has 6 heteroatoms. The lowest BCUT2D eigenvalue weighted by Gasteiger charge is -2.31. The van der Waals surface area contributed by atoms with Crippen molar-refractivity contribution in [2.45, 2.75) is 98.0 Å². The Morgan fingerprint density at radius 2 is 1.84 bits per heavy atom. The third-order valence-corrected chi connectivity index (χ3v) is 3.64. The Balaban J connectivity index is 0.00000277. The molecule has 0 aromatic carbocycles. The van der Waals surface area contributed by atoms with Gasteiger partial charge in [-0.15, -0.1) is 0 Å². The second kappa shape index (κ2) is 11.1. The summed E-state index contributed by atoms with van der Waals surface area (Å²) in [5.41, 5.74) is -0.316. The fraction of sp³-hybridized carbons (Fsp3) is 0.789. The second-order valence-corrected chi connectivity index (χ2v) is 6.89. The monoisotopic (exact) mass is 357 g/mol. The number of rotatable bonds is 6. The van der Waals surface area contributed by atoms with Gasteiger partial charge in [0.05, 0.1) is 12.2 Å². The maximum absolute atomic E-state index is 11.9. The van der Waals surface area contributed by atoms with Gasteiger partial charge in [-0.1, -0.05) is 27.7 Å². The Morgan fingerprint density at radius 3 is 2.28 bits per heavy atom. The molecule has 25 heavy (non-hydrogen) atoms. The molecule has 0 heterocycles. The van der Waals surface area contributed by atoms with Crippen molar-refractivity contribution >= 4 is 12.1 Å². The number of amides is 1. The second-order valence-electron chi connectivity index (χ2n) is 6.89. The van der Waals surface area contributed by atoms with Crippen LogP contribution in [-0.4, -0.2) is 41.0 Å². The molecule has 0 saturated carbocycles. The minimum atomic E-state index is -0.973. The minimum Gasteiger partial charge on any atom is -0.478 e. The molecule has 2 atom stereocenters. The predicted octanol–water partition coefficient (Wildman–Crippen LogP) is 4.28. The van der Waals surface area contributed by atoms with E-state index in [-0.39, 0.29) is 30.2 Å². The summed E-state index contributed by atoms with van der Waals surface area (Å²) in [5.74, 6) is -0.973. The Kier molecular flexibility index (Phi) is 10.4. The van der Waals surface area contributed by atoms with Crippen LogP contribution in [0.2, 0.25) is 0 Å². The molecule has 1 rings (SSSR count). The van der Waals surface area contributed by atoms with Gasteiger partial charge in [0.15, 0.2) is 0 Å². The Morgan fingerprint density at radius 1 is 1.28 bits per heavy atom. The highest BCUT2D eigenvalue weighted by Gasteiger charge is 2.29. The summed E-state index contributed by atoms with van der Waals surface area (Å²) in [4.78, 5) is 23.2. The fourth-order valence-corrected chi connectivity index (χ4v) is 2.56. The van der Waals surface area contributed by atoms with E-state index < -0.39 is 17.7 Å². The maximum Gasteiger partial charge on any atom is 0.407 e. The molecular weight excluding hydrogens is 322 g/mol. The average Bonchev–Trinajstić information content (AvgIpc) is 2.52. The van der Waals surface area contributed by atoms with Crippen LogP contribution in [-0.2, 0) is 14.3 Å². The molecule has 2 unspecified atom stereocenters. The van der Waals surface area contributed by atoms with E-state index in [2.05, 4.69) is 5.32 Å². The van der Waals surface area contributed by atoms with Gasteiger partial charge in [0, 0.05) is 11.6 Å². The molecule has 0 aliphatic heterocycles. The summed E-state index contributed by atoms with van der Waals surface area (Å²) in [6.07, 6.45) is 3.47. The first-order valence-corrected chi connectivity index (χ1v) is 9.23. The summed E-state index contributed by atoms with van der Waals surface area (Å²) in [6, 6.07) is -0.305. The number of carboxylic acid groups (broad SMARTS) is 1. The van der Waals surface area contributed by atoms with E-state index in [1.54, 1.807) is 26.8 Å². The summed E-state index contributed by atoms with van der Waals surface area (Å²) in [5, 5.41) is 12.0. The third-order valence-electron chi connectivity index (χ3n) is 3.64. The van der Waals surface area contributed by atoms with E-state index in [0.29, 0.717) is 6.42 Å². The first-order chi connectivity index (χ1) is 11.6.